The molecular weight excluding hydrogens is 280 g/mol. The van der Waals surface area contributed by atoms with E-state index < -0.39 is 6.61 Å². The molecule has 1 fully saturated rings. The summed E-state index contributed by atoms with van der Waals surface area (Å²) in [5.41, 5.74) is 1.75. The minimum absolute atomic E-state index is 0.0716. The molecule has 1 unspecified atom stereocenters. The molecular formula is C16H18N4O2. The van der Waals surface area contributed by atoms with Crippen molar-refractivity contribution in [3.05, 3.63) is 47.9 Å². The van der Waals surface area contributed by atoms with Crippen LogP contribution < -0.4 is 5.32 Å². The highest BCUT2D eigenvalue weighted by atomic mass is 16.3. The molecule has 0 spiro atoms. The molecule has 0 aliphatic carbocycles. The number of carbonyl (C=O) groups excluding carboxylic acids is 1. The Labute approximate surface area is 128 Å². The van der Waals surface area contributed by atoms with Gasteiger partial charge < -0.3 is 15.3 Å². The van der Waals surface area contributed by atoms with E-state index in [2.05, 4.69) is 15.3 Å². The summed E-state index contributed by atoms with van der Waals surface area (Å²) >= 11 is 0. The Morgan fingerprint density at radius 3 is 2.77 bits per heavy atom. The van der Waals surface area contributed by atoms with Crippen LogP contribution in [0.5, 0.6) is 0 Å². The summed E-state index contributed by atoms with van der Waals surface area (Å²) in [6.45, 7) is 2.03. The SMILES string of the molecule is Cc1nc(Nc2ccccc2)cc(C2CCN2C(=O)CO)n1. The Hall–Kier alpha value is -2.47. The predicted molar refractivity (Wildman–Crippen MR) is 82.7 cm³/mol. The number of aliphatic hydroxyl groups excluding tert-OH is 1. The van der Waals surface area contributed by atoms with Gasteiger partial charge in [-0.2, -0.15) is 0 Å². The molecule has 1 aliphatic rings. The molecule has 1 aromatic carbocycles. The van der Waals surface area contributed by atoms with E-state index in [-0.39, 0.29) is 11.9 Å². The summed E-state index contributed by atoms with van der Waals surface area (Å²) in [5, 5.41) is 12.2. The number of hydrogen-bond acceptors (Lipinski definition) is 5. The topological polar surface area (TPSA) is 78.4 Å². The minimum atomic E-state index is -0.463. The van der Waals surface area contributed by atoms with Gasteiger partial charge in [-0.1, -0.05) is 18.2 Å². The lowest BCUT2D eigenvalue weighted by molar-refractivity contribution is -0.142. The number of carbonyl (C=O) groups is 1. The number of aliphatic hydroxyl groups is 1. The van der Waals surface area contributed by atoms with E-state index in [1.165, 1.54) is 0 Å². The number of aromatic nitrogens is 2. The van der Waals surface area contributed by atoms with Gasteiger partial charge in [-0.3, -0.25) is 4.79 Å². The van der Waals surface area contributed by atoms with Gasteiger partial charge in [0.2, 0.25) is 5.91 Å². The molecule has 2 heterocycles. The highest BCUT2D eigenvalue weighted by molar-refractivity contribution is 5.78. The number of aryl methyl sites for hydroxylation is 1. The van der Waals surface area contributed by atoms with Gasteiger partial charge >= 0.3 is 0 Å². The standard InChI is InChI=1S/C16H18N4O2/c1-11-17-13(14-7-8-20(14)16(22)10-21)9-15(18-11)19-12-5-3-2-4-6-12/h2-6,9,14,21H,7-8,10H2,1H3,(H,17,18,19). The lowest BCUT2D eigenvalue weighted by atomic mass is 9.99. The summed E-state index contributed by atoms with van der Waals surface area (Å²) < 4.78 is 0. The molecule has 1 amide bonds. The largest absolute Gasteiger partial charge is 0.387 e. The van der Waals surface area contributed by atoms with Crippen LogP contribution in [0.25, 0.3) is 0 Å². The molecule has 1 aromatic heterocycles. The number of nitrogens with one attached hydrogen (secondary N) is 1. The van der Waals surface area contributed by atoms with Crippen LogP contribution in [0, 0.1) is 6.92 Å². The van der Waals surface area contributed by atoms with Crippen LogP contribution in [-0.4, -0.2) is 39.0 Å². The Kier molecular flexibility index (Phi) is 4.02. The Bertz CT molecular complexity index is 675. The zero-order valence-electron chi connectivity index (χ0n) is 12.4. The number of likely N-dealkylation sites (tertiary alicyclic amines) is 1. The van der Waals surface area contributed by atoms with Crippen LogP contribution in [0.3, 0.4) is 0 Å². The lowest BCUT2D eigenvalue weighted by Gasteiger charge is -2.40. The van der Waals surface area contributed by atoms with Crippen LogP contribution in [0.1, 0.15) is 24.0 Å². The quantitative estimate of drug-likeness (QED) is 0.900. The van der Waals surface area contributed by atoms with Gasteiger partial charge in [0, 0.05) is 18.3 Å². The Morgan fingerprint density at radius 2 is 2.14 bits per heavy atom. The Balaban J connectivity index is 1.83. The molecule has 2 aromatic rings. The number of anilines is 2. The number of rotatable bonds is 4. The van der Waals surface area contributed by atoms with Crippen molar-refractivity contribution in [1.82, 2.24) is 14.9 Å². The van der Waals surface area contributed by atoms with Crippen LogP contribution in [0.2, 0.25) is 0 Å². The van der Waals surface area contributed by atoms with Gasteiger partial charge in [0.25, 0.3) is 0 Å². The first-order chi connectivity index (χ1) is 10.7. The van der Waals surface area contributed by atoms with Gasteiger partial charge in [0.15, 0.2) is 0 Å². The third-order valence-electron chi connectivity index (χ3n) is 3.72. The fourth-order valence-electron chi connectivity index (χ4n) is 2.58. The second-order valence-corrected chi connectivity index (χ2v) is 5.27. The van der Waals surface area contributed by atoms with Crippen molar-refractivity contribution in [2.45, 2.75) is 19.4 Å². The van der Waals surface area contributed by atoms with E-state index in [0.717, 1.165) is 17.8 Å². The van der Waals surface area contributed by atoms with Crippen molar-refractivity contribution in [2.24, 2.45) is 0 Å². The van der Waals surface area contributed by atoms with E-state index in [0.29, 0.717) is 18.2 Å². The smallest absolute Gasteiger partial charge is 0.248 e. The van der Waals surface area contributed by atoms with Gasteiger partial charge in [0.05, 0.1) is 11.7 Å². The van der Waals surface area contributed by atoms with E-state index in [9.17, 15) is 4.79 Å². The molecule has 0 saturated carbocycles. The summed E-state index contributed by atoms with van der Waals surface area (Å²) in [4.78, 5) is 22.1. The van der Waals surface area contributed by atoms with Crippen LogP contribution >= 0.6 is 0 Å². The normalized spacial score (nSPS) is 17.0. The second kappa shape index (κ2) is 6.11. The summed E-state index contributed by atoms with van der Waals surface area (Å²) in [7, 11) is 0. The highest BCUT2D eigenvalue weighted by Crippen LogP contribution is 2.33. The zero-order chi connectivity index (χ0) is 15.5. The predicted octanol–water partition coefficient (Wildman–Crippen LogP) is 1.79. The lowest BCUT2D eigenvalue weighted by Crippen LogP contribution is -2.46. The zero-order valence-corrected chi connectivity index (χ0v) is 12.4. The second-order valence-electron chi connectivity index (χ2n) is 5.27. The fraction of sp³-hybridized carbons (Fsp3) is 0.312. The third kappa shape index (κ3) is 2.92. The first-order valence-electron chi connectivity index (χ1n) is 7.25. The van der Waals surface area contributed by atoms with E-state index in [1.54, 1.807) is 4.90 Å². The first-order valence-corrected chi connectivity index (χ1v) is 7.25. The molecule has 1 saturated heterocycles. The number of benzene rings is 1. The average molecular weight is 298 g/mol. The maximum atomic E-state index is 11.7. The van der Waals surface area contributed by atoms with Crippen molar-refractivity contribution in [3.63, 3.8) is 0 Å². The van der Waals surface area contributed by atoms with Crippen molar-refractivity contribution in [1.29, 1.82) is 0 Å². The maximum Gasteiger partial charge on any atom is 0.248 e. The van der Waals surface area contributed by atoms with Crippen molar-refractivity contribution < 1.29 is 9.90 Å². The molecule has 22 heavy (non-hydrogen) atoms. The van der Waals surface area contributed by atoms with Gasteiger partial charge in [-0.25, -0.2) is 9.97 Å². The number of para-hydroxylation sites is 1. The van der Waals surface area contributed by atoms with Gasteiger partial charge in [-0.05, 0) is 25.5 Å². The fourth-order valence-corrected chi connectivity index (χ4v) is 2.58. The number of hydrogen-bond donors (Lipinski definition) is 2. The molecule has 6 heteroatoms. The van der Waals surface area contributed by atoms with Crippen LogP contribution in [0.4, 0.5) is 11.5 Å². The van der Waals surface area contributed by atoms with E-state index in [4.69, 9.17) is 5.11 Å². The molecule has 114 valence electrons. The van der Waals surface area contributed by atoms with Gasteiger partial charge in [-0.15, -0.1) is 0 Å². The van der Waals surface area contributed by atoms with Crippen molar-refractivity contribution >= 4 is 17.4 Å². The van der Waals surface area contributed by atoms with Crippen molar-refractivity contribution in [2.75, 3.05) is 18.5 Å². The molecule has 1 atom stereocenters. The first kappa shape index (κ1) is 14.5. The van der Waals surface area contributed by atoms with Gasteiger partial charge in [0.1, 0.15) is 18.2 Å². The summed E-state index contributed by atoms with van der Waals surface area (Å²) in [5.74, 6) is 1.10. The molecule has 6 nitrogen and oxygen atoms in total. The minimum Gasteiger partial charge on any atom is -0.387 e. The Morgan fingerprint density at radius 1 is 1.36 bits per heavy atom. The molecule has 2 N–H and O–H groups in total. The molecule has 3 rings (SSSR count). The summed E-state index contributed by atoms with van der Waals surface area (Å²) in [6, 6.07) is 11.6. The monoisotopic (exact) mass is 298 g/mol. The van der Waals surface area contributed by atoms with Crippen LogP contribution in [0.15, 0.2) is 36.4 Å². The number of nitrogens with zero attached hydrogens (tertiary/aromatic N) is 3. The molecule has 0 bridgehead atoms. The summed E-state index contributed by atoms with van der Waals surface area (Å²) in [6.07, 6.45) is 0.854. The highest BCUT2D eigenvalue weighted by Gasteiger charge is 2.34. The molecule has 1 aliphatic heterocycles. The third-order valence-corrected chi connectivity index (χ3v) is 3.72. The maximum absolute atomic E-state index is 11.7. The van der Waals surface area contributed by atoms with E-state index in [1.807, 2.05) is 43.3 Å². The van der Waals surface area contributed by atoms with E-state index >= 15 is 0 Å². The average Bonchev–Trinajstić information content (AvgIpc) is 2.46. The number of amides is 1. The van der Waals surface area contributed by atoms with Crippen LogP contribution in [-0.2, 0) is 4.79 Å². The molecule has 0 radical (unpaired) electrons. The van der Waals surface area contributed by atoms with Crippen molar-refractivity contribution in [3.8, 4) is 0 Å².